The Bertz CT molecular complexity index is 1130. The van der Waals surface area contributed by atoms with E-state index in [0.29, 0.717) is 34.7 Å². The Morgan fingerprint density at radius 2 is 1.54 bits per heavy atom. The Labute approximate surface area is 221 Å². The van der Waals surface area contributed by atoms with E-state index >= 15 is 0 Å². The van der Waals surface area contributed by atoms with E-state index in [1.54, 1.807) is 11.8 Å². The Balaban J connectivity index is 1.36. The number of benzene rings is 2. The molecule has 0 aliphatic carbocycles. The van der Waals surface area contributed by atoms with Gasteiger partial charge in [-0.25, -0.2) is 9.97 Å². The summed E-state index contributed by atoms with van der Waals surface area (Å²) in [5.74, 6) is 1.61. The molecule has 0 unspecified atom stereocenters. The van der Waals surface area contributed by atoms with Crippen LogP contribution in [0.4, 0.5) is 11.5 Å². The third-order valence-corrected chi connectivity index (χ3v) is 7.44. The summed E-state index contributed by atoms with van der Waals surface area (Å²) < 4.78 is 0. The zero-order valence-electron chi connectivity index (χ0n) is 20.0. The normalized spacial score (nSPS) is 13.7. The van der Waals surface area contributed by atoms with Gasteiger partial charge >= 0.3 is 0 Å². The average Bonchev–Trinajstić information content (AvgIpc) is 2.89. The highest BCUT2D eigenvalue weighted by atomic mass is 35.5. The topological polar surface area (TPSA) is 52.6 Å². The summed E-state index contributed by atoms with van der Waals surface area (Å²) in [6.45, 7) is 8.88. The summed E-state index contributed by atoms with van der Waals surface area (Å²) in [5.41, 5.74) is 2.99. The second kappa shape index (κ2) is 12.0. The van der Waals surface area contributed by atoms with Crippen LogP contribution in [0.25, 0.3) is 0 Å². The standard InChI is InChI=1S/C26H29Cl2N5OS/c1-3-31(4-2)25(34)20-7-5-19(6-8-20)18-35-26-29-23(28)17-24(30-26)33-15-13-32(14-16-33)22-11-9-21(27)10-12-22/h5-12,17H,3-4,13-16,18H2,1-2H3. The third-order valence-electron chi connectivity index (χ3n) is 6.08. The molecule has 1 aliphatic heterocycles. The number of hydrogen-bond donors (Lipinski definition) is 0. The maximum absolute atomic E-state index is 12.5. The van der Waals surface area contributed by atoms with Crippen molar-refractivity contribution in [1.29, 1.82) is 0 Å². The molecule has 2 heterocycles. The van der Waals surface area contributed by atoms with E-state index < -0.39 is 0 Å². The van der Waals surface area contributed by atoms with Crippen molar-refractivity contribution >= 4 is 52.4 Å². The van der Waals surface area contributed by atoms with Crippen LogP contribution >= 0.6 is 35.0 Å². The number of aromatic nitrogens is 2. The van der Waals surface area contributed by atoms with Gasteiger partial charge in [-0.2, -0.15) is 0 Å². The lowest BCUT2D eigenvalue weighted by Gasteiger charge is -2.36. The number of carbonyl (C=O) groups excluding carboxylic acids is 1. The minimum Gasteiger partial charge on any atom is -0.368 e. The molecule has 184 valence electrons. The van der Waals surface area contributed by atoms with E-state index in [0.717, 1.165) is 42.6 Å². The molecule has 0 saturated carbocycles. The molecule has 2 aromatic carbocycles. The van der Waals surface area contributed by atoms with Crippen LogP contribution in [-0.4, -0.2) is 60.0 Å². The fourth-order valence-corrected chi connectivity index (χ4v) is 5.21. The van der Waals surface area contributed by atoms with Gasteiger partial charge < -0.3 is 14.7 Å². The van der Waals surface area contributed by atoms with Gasteiger partial charge in [0.1, 0.15) is 11.0 Å². The second-order valence-corrected chi connectivity index (χ2v) is 10.0. The first-order valence-electron chi connectivity index (χ1n) is 11.8. The highest BCUT2D eigenvalue weighted by molar-refractivity contribution is 7.98. The van der Waals surface area contributed by atoms with E-state index in [4.69, 9.17) is 28.2 Å². The molecule has 1 aromatic heterocycles. The molecule has 1 fully saturated rings. The number of anilines is 2. The van der Waals surface area contributed by atoms with Gasteiger partial charge in [0.25, 0.3) is 5.91 Å². The van der Waals surface area contributed by atoms with Crippen LogP contribution in [0, 0.1) is 0 Å². The van der Waals surface area contributed by atoms with Crippen LogP contribution in [0.1, 0.15) is 29.8 Å². The number of piperazine rings is 1. The van der Waals surface area contributed by atoms with Gasteiger partial charge in [-0.15, -0.1) is 0 Å². The summed E-state index contributed by atoms with van der Waals surface area (Å²) in [6, 6.07) is 17.6. The Hall–Kier alpha value is -2.48. The lowest BCUT2D eigenvalue weighted by atomic mass is 10.1. The van der Waals surface area contributed by atoms with Crippen LogP contribution in [0.15, 0.2) is 59.8 Å². The maximum atomic E-state index is 12.5. The van der Waals surface area contributed by atoms with Crippen LogP contribution < -0.4 is 9.80 Å². The molecule has 0 radical (unpaired) electrons. The number of amides is 1. The number of halogens is 2. The van der Waals surface area contributed by atoms with Crippen molar-refractivity contribution in [1.82, 2.24) is 14.9 Å². The summed E-state index contributed by atoms with van der Waals surface area (Å²) in [5, 5.41) is 1.84. The zero-order valence-corrected chi connectivity index (χ0v) is 22.3. The molecular formula is C26H29Cl2N5OS. The average molecular weight is 531 g/mol. The molecule has 0 bridgehead atoms. The monoisotopic (exact) mass is 529 g/mol. The molecule has 1 amide bonds. The molecule has 35 heavy (non-hydrogen) atoms. The van der Waals surface area contributed by atoms with Crippen LogP contribution in [0.5, 0.6) is 0 Å². The van der Waals surface area contributed by atoms with Gasteiger partial charge in [0, 0.05) is 67.4 Å². The first-order chi connectivity index (χ1) is 17.0. The molecule has 1 saturated heterocycles. The SMILES string of the molecule is CCN(CC)C(=O)c1ccc(CSc2nc(Cl)cc(N3CCN(c4ccc(Cl)cc4)CC3)n2)cc1. The van der Waals surface area contributed by atoms with Crippen molar-refractivity contribution in [2.45, 2.75) is 24.8 Å². The van der Waals surface area contributed by atoms with Crippen molar-refractivity contribution in [3.05, 3.63) is 75.9 Å². The van der Waals surface area contributed by atoms with E-state index in [1.165, 1.54) is 5.69 Å². The Morgan fingerprint density at radius 1 is 0.914 bits per heavy atom. The predicted molar refractivity (Wildman–Crippen MR) is 146 cm³/mol. The number of carbonyl (C=O) groups is 1. The molecule has 4 rings (SSSR count). The number of hydrogen-bond acceptors (Lipinski definition) is 6. The lowest BCUT2D eigenvalue weighted by molar-refractivity contribution is 0.0773. The molecule has 6 nitrogen and oxygen atoms in total. The van der Waals surface area contributed by atoms with E-state index in [-0.39, 0.29) is 5.91 Å². The molecule has 3 aromatic rings. The first-order valence-corrected chi connectivity index (χ1v) is 13.5. The summed E-state index contributed by atoms with van der Waals surface area (Å²) in [6.07, 6.45) is 0. The highest BCUT2D eigenvalue weighted by Crippen LogP contribution is 2.26. The van der Waals surface area contributed by atoms with E-state index in [2.05, 4.69) is 26.9 Å². The third kappa shape index (κ3) is 6.60. The Kier molecular flexibility index (Phi) is 8.76. The van der Waals surface area contributed by atoms with Gasteiger partial charge in [0.2, 0.25) is 0 Å². The van der Waals surface area contributed by atoms with Crippen molar-refractivity contribution in [2.75, 3.05) is 49.1 Å². The van der Waals surface area contributed by atoms with Gasteiger partial charge in [0.05, 0.1) is 0 Å². The minimum absolute atomic E-state index is 0.0631. The summed E-state index contributed by atoms with van der Waals surface area (Å²) >= 11 is 13.9. The number of nitrogens with zero attached hydrogens (tertiary/aromatic N) is 5. The lowest BCUT2D eigenvalue weighted by Crippen LogP contribution is -2.46. The molecule has 9 heteroatoms. The van der Waals surface area contributed by atoms with E-state index in [9.17, 15) is 4.79 Å². The van der Waals surface area contributed by atoms with Gasteiger partial charge in [-0.3, -0.25) is 4.79 Å². The first kappa shape index (κ1) is 25.6. The van der Waals surface area contributed by atoms with Crippen molar-refractivity contribution < 1.29 is 4.79 Å². The van der Waals surface area contributed by atoms with Crippen LogP contribution in [0.3, 0.4) is 0 Å². The smallest absolute Gasteiger partial charge is 0.253 e. The molecule has 0 atom stereocenters. The number of thioether (sulfide) groups is 1. The van der Waals surface area contributed by atoms with Crippen LogP contribution in [0.2, 0.25) is 10.2 Å². The fourth-order valence-electron chi connectivity index (χ4n) is 4.04. The largest absolute Gasteiger partial charge is 0.368 e. The van der Waals surface area contributed by atoms with E-state index in [1.807, 2.05) is 61.2 Å². The quantitative estimate of drug-likeness (QED) is 0.206. The molecule has 1 aliphatic rings. The Morgan fingerprint density at radius 3 is 2.17 bits per heavy atom. The van der Waals surface area contributed by atoms with Gasteiger partial charge in [-0.1, -0.05) is 47.1 Å². The van der Waals surface area contributed by atoms with Crippen molar-refractivity contribution in [3.63, 3.8) is 0 Å². The van der Waals surface area contributed by atoms with Crippen LogP contribution in [-0.2, 0) is 5.75 Å². The second-order valence-electron chi connectivity index (χ2n) is 8.24. The van der Waals surface area contributed by atoms with Crippen molar-refractivity contribution in [2.24, 2.45) is 0 Å². The van der Waals surface area contributed by atoms with Gasteiger partial charge in [-0.05, 0) is 55.8 Å². The van der Waals surface area contributed by atoms with Gasteiger partial charge in [0.15, 0.2) is 5.16 Å². The summed E-state index contributed by atoms with van der Waals surface area (Å²) in [7, 11) is 0. The fraction of sp³-hybridized carbons (Fsp3) is 0.346. The minimum atomic E-state index is 0.0631. The van der Waals surface area contributed by atoms with Crippen molar-refractivity contribution in [3.8, 4) is 0 Å². The highest BCUT2D eigenvalue weighted by Gasteiger charge is 2.20. The summed E-state index contributed by atoms with van der Waals surface area (Å²) in [4.78, 5) is 28.1. The predicted octanol–water partition coefficient (Wildman–Crippen LogP) is 5.88. The molecular weight excluding hydrogens is 501 g/mol. The maximum Gasteiger partial charge on any atom is 0.253 e. The number of rotatable bonds is 8. The molecule has 0 spiro atoms. The molecule has 0 N–H and O–H groups in total. The zero-order chi connectivity index (χ0) is 24.8.